The molecular weight excluding hydrogens is 332 g/mol. The molecule has 0 radical (unpaired) electrons. The molecule has 0 saturated carbocycles. The second-order valence-corrected chi connectivity index (χ2v) is 7.09. The van der Waals surface area contributed by atoms with E-state index in [1.807, 2.05) is 25.1 Å². The molecule has 0 atom stereocenters. The Balaban J connectivity index is 1.46. The first-order chi connectivity index (χ1) is 12.2. The third-order valence-corrected chi connectivity index (χ3v) is 5.63. The number of piperazine rings is 1. The van der Waals surface area contributed by atoms with Crippen LogP contribution in [0.15, 0.2) is 36.7 Å². The normalized spacial score (nSPS) is 14.8. The Bertz CT molecular complexity index is 855. The molecular formula is C18H20N6S. The van der Waals surface area contributed by atoms with Crippen LogP contribution in [0.25, 0.3) is 10.6 Å². The van der Waals surface area contributed by atoms with Crippen LogP contribution < -0.4 is 9.80 Å². The van der Waals surface area contributed by atoms with E-state index in [4.69, 9.17) is 0 Å². The maximum absolute atomic E-state index is 4.48. The molecule has 1 saturated heterocycles. The van der Waals surface area contributed by atoms with Gasteiger partial charge in [0.25, 0.3) is 0 Å². The van der Waals surface area contributed by atoms with E-state index in [0.717, 1.165) is 53.4 Å². The molecule has 0 aliphatic carbocycles. The minimum atomic E-state index is 0.923. The van der Waals surface area contributed by atoms with E-state index in [0.29, 0.717) is 0 Å². The van der Waals surface area contributed by atoms with Gasteiger partial charge in [-0.25, -0.2) is 9.97 Å². The topological polar surface area (TPSA) is 58.0 Å². The summed E-state index contributed by atoms with van der Waals surface area (Å²) < 4.78 is 0. The Morgan fingerprint density at radius 1 is 0.880 bits per heavy atom. The number of rotatable bonds is 3. The van der Waals surface area contributed by atoms with Crippen molar-refractivity contribution in [2.24, 2.45) is 0 Å². The van der Waals surface area contributed by atoms with Crippen molar-refractivity contribution in [2.75, 3.05) is 36.0 Å². The molecule has 128 valence electrons. The lowest BCUT2D eigenvalue weighted by Crippen LogP contribution is -2.47. The predicted molar refractivity (Wildman–Crippen MR) is 101 cm³/mol. The summed E-state index contributed by atoms with van der Waals surface area (Å²) in [6.45, 7) is 7.82. The molecule has 0 bridgehead atoms. The third-order valence-electron chi connectivity index (χ3n) is 4.59. The van der Waals surface area contributed by atoms with Crippen molar-refractivity contribution < 1.29 is 0 Å². The number of aryl methyl sites for hydroxylation is 1. The molecule has 0 amide bonds. The van der Waals surface area contributed by atoms with Crippen molar-refractivity contribution in [3.63, 3.8) is 0 Å². The van der Waals surface area contributed by atoms with Gasteiger partial charge in [0.2, 0.25) is 5.13 Å². The maximum atomic E-state index is 4.48. The van der Waals surface area contributed by atoms with Gasteiger partial charge in [0, 0.05) is 43.0 Å². The summed E-state index contributed by atoms with van der Waals surface area (Å²) in [6, 6.07) is 10.2. The fourth-order valence-electron chi connectivity index (χ4n) is 2.99. The summed E-state index contributed by atoms with van der Waals surface area (Å²) in [5.41, 5.74) is 3.33. The lowest BCUT2D eigenvalue weighted by molar-refractivity contribution is 0.641. The minimum Gasteiger partial charge on any atom is -0.353 e. The van der Waals surface area contributed by atoms with Crippen LogP contribution in [-0.2, 0) is 0 Å². The minimum absolute atomic E-state index is 0.923. The first kappa shape index (κ1) is 16.0. The van der Waals surface area contributed by atoms with Gasteiger partial charge >= 0.3 is 0 Å². The van der Waals surface area contributed by atoms with Gasteiger partial charge in [-0.2, -0.15) is 0 Å². The van der Waals surface area contributed by atoms with Gasteiger partial charge in [0.05, 0.1) is 0 Å². The van der Waals surface area contributed by atoms with Crippen molar-refractivity contribution in [3.8, 4) is 10.6 Å². The van der Waals surface area contributed by atoms with Crippen LogP contribution in [0.1, 0.15) is 11.3 Å². The van der Waals surface area contributed by atoms with Gasteiger partial charge < -0.3 is 9.80 Å². The fraction of sp³-hybridized carbons (Fsp3) is 0.333. The average Bonchev–Trinajstić information content (AvgIpc) is 3.15. The van der Waals surface area contributed by atoms with Crippen LogP contribution in [0.5, 0.6) is 0 Å². The Morgan fingerprint density at radius 2 is 1.60 bits per heavy atom. The van der Waals surface area contributed by atoms with Gasteiger partial charge in [-0.05, 0) is 13.8 Å². The van der Waals surface area contributed by atoms with Crippen molar-refractivity contribution in [1.29, 1.82) is 0 Å². The van der Waals surface area contributed by atoms with Crippen molar-refractivity contribution in [3.05, 3.63) is 47.9 Å². The highest BCUT2D eigenvalue weighted by Crippen LogP contribution is 2.29. The summed E-state index contributed by atoms with van der Waals surface area (Å²) in [6.07, 6.45) is 1.65. The molecule has 4 rings (SSSR count). The van der Waals surface area contributed by atoms with E-state index < -0.39 is 0 Å². The molecule has 3 aromatic rings. The second-order valence-electron chi connectivity index (χ2n) is 6.14. The fourth-order valence-corrected chi connectivity index (χ4v) is 3.90. The second kappa shape index (κ2) is 6.76. The van der Waals surface area contributed by atoms with Gasteiger partial charge in [0.1, 0.15) is 17.2 Å². The lowest BCUT2D eigenvalue weighted by Gasteiger charge is -2.35. The standard InChI is InChI=1S/C18H20N6S/c1-13-14(2)19-12-20-16(13)23-8-10-24(11-9-23)18-22-21-17(25-18)15-6-4-3-5-7-15/h3-7,12H,8-11H2,1-2H3. The smallest absolute Gasteiger partial charge is 0.208 e. The summed E-state index contributed by atoms with van der Waals surface area (Å²) in [5.74, 6) is 1.05. The van der Waals surface area contributed by atoms with Gasteiger partial charge in [-0.1, -0.05) is 41.7 Å². The quantitative estimate of drug-likeness (QED) is 0.722. The van der Waals surface area contributed by atoms with Gasteiger partial charge in [-0.15, -0.1) is 10.2 Å². The zero-order chi connectivity index (χ0) is 17.2. The van der Waals surface area contributed by atoms with Crippen LogP contribution in [0.3, 0.4) is 0 Å². The molecule has 2 aromatic heterocycles. The van der Waals surface area contributed by atoms with Crippen LogP contribution in [0, 0.1) is 13.8 Å². The van der Waals surface area contributed by atoms with E-state index in [1.165, 1.54) is 5.56 Å². The van der Waals surface area contributed by atoms with Crippen LogP contribution >= 0.6 is 11.3 Å². The van der Waals surface area contributed by atoms with Crippen molar-refractivity contribution >= 4 is 22.3 Å². The van der Waals surface area contributed by atoms with Gasteiger partial charge in [0.15, 0.2) is 0 Å². The molecule has 0 spiro atoms. The number of hydrogen-bond acceptors (Lipinski definition) is 7. The number of benzene rings is 1. The molecule has 1 aliphatic rings. The molecule has 0 N–H and O–H groups in total. The first-order valence-corrected chi connectivity index (χ1v) is 9.21. The van der Waals surface area contributed by atoms with Crippen LogP contribution in [-0.4, -0.2) is 46.3 Å². The van der Waals surface area contributed by atoms with E-state index in [1.54, 1.807) is 17.7 Å². The Labute approximate surface area is 151 Å². The first-order valence-electron chi connectivity index (χ1n) is 8.39. The third kappa shape index (κ3) is 3.19. The summed E-state index contributed by atoms with van der Waals surface area (Å²) >= 11 is 1.65. The molecule has 1 aliphatic heterocycles. The summed E-state index contributed by atoms with van der Waals surface area (Å²) in [7, 11) is 0. The highest BCUT2D eigenvalue weighted by molar-refractivity contribution is 7.18. The monoisotopic (exact) mass is 352 g/mol. The largest absolute Gasteiger partial charge is 0.353 e. The molecule has 0 unspecified atom stereocenters. The molecule has 3 heterocycles. The maximum Gasteiger partial charge on any atom is 0.208 e. The Kier molecular flexibility index (Phi) is 4.31. The van der Waals surface area contributed by atoms with E-state index in [-0.39, 0.29) is 0 Å². The highest BCUT2D eigenvalue weighted by atomic mass is 32.1. The molecule has 25 heavy (non-hydrogen) atoms. The zero-order valence-electron chi connectivity index (χ0n) is 14.4. The molecule has 7 heteroatoms. The van der Waals surface area contributed by atoms with E-state index in [9.17, 15) is 0 Å². The average molecular weight is 352 g/mol. The van der Waals surface area contributed by atoms with E-state index in [2.05, 4.69) is 49.0 Å². The van der Waals surface area contributed by atoms with Crippen molar-refractivity contribution in [2.45, 2.75) is 13.8 Å². The molecule has 6 nitrogen and oxygen atoms in total. The highest BCUT2D eigenvalue weighted by Gasteiger charge is 2.22. The summed E-state index contributed by atoms with van der Waals surface area (Å²) in [4.78, 5) is 13.4. The Hall–Kier alpha value is -2.54. The van der Waals surface area contributed by atoms with Crippen molar-refractivity contribution in [1.82, 2.24) is 20.2 Å². The Morgan fingerprint density at radius 3 is 2.36 bits per heavy atom. The molecule has 1 fully saturated rings. The summed E-state index contributed by atoms with van der Waals surface area (Å²) in [5, 5.41) is 10.7. The lowest BCUT2D eigenvalue weighted by atomic mass is 10.2. The SMILES string of the molecule is Cc1ncnc(N2CCN(c3nnc(-c4ccccc4)s3)CC2)c1C. The number of hydrogen-bond donors (Lipinski definition) is 0. The molecule has 1 aromatic carbocycles. The predicted octanol–water partition coefficient (Wildman–Crippen LogP) is 2.94. The van der Waals surface area contributed by atoms with Gasteiger partial charge in [-0.3, -0.25) is 0 Å². The van der Waals surface area contributed by atoms with Crippen LogP contribution in [0.4, 0.5) is 10.9 Å². The number of nitrogens with zero attached hydrogens (tertiary/aromatic N) is 6. The zero-order valence-corrected chi connectivity index (χ0v) is 15.2. The van der Waals surface area contributed by atoms with Crippen LogP contribution in [0.2, 0.25) is 0 Å². The van der Waals surface area contributed by atoms with E-state index >= 15 is 0 Å². The number of anilines is 2. The number of aromatic nitrogens is 4.